The molecule has 0 aromatic heterocycles. The molecule has 1 aliphatic rings. The van der Waals surface area contributed by atoms with Gasteiger partial charge < -0.3 is 9.31 Å². The van der Waals surface area contributed by atoms with Gasteiger partial charge in [0.25, 0.3) is 0 Å². The second kappa shape index (κ2) is 5.14. The van der Waals surface area contributed by atoms with E-state index in [0.29, 0.717) is 0 Å². The molecule has 1 unspecified atom stereocenters. The molecule has 0 bridgehead atoms. The van der Waals surface area contributed by atoms with Gasteiger partial charge in [-0.3, -0.25) is 0 Å². The predicted molar refractivity (Wildman–Crippen MR) is 89.6 cm³/mol. The molecular weight excluding hydrogens is 259 g/mol. The van der Waals surface area contributed by atoms with Crippen molar-refractivity contribution in [3.8, 4) is 0 Å². The van der Waals surface area contributed by atoms with Crippen molar-refractivity contribution in [1.29, 1.82) is 0 Å². The quantitative estimate of drug-likeness (QED) is 0.733. The zero-order valence-corrected chi connectivity index (χ0v) is 14.8. The molecule has 1 saturated heterocycles. The molecule has 1 aromatic carbocycles. The molecule has 1 aliphatic heterocycles. The highest BCUT2D eigenvalue weighted by atomic mass is 16.7. The Bertz CT molecular complexity index is 481. The van der Waals surface area contributed by atoms with Crippen LogP contribution < -0.4 is 0 Å². The fourth-order valence-electron chi connectivity index (χ4n) is 2.54. The van der Waals surface area contributed by atoms with Gasteiger partial charge in [-0.05, 0) is 44.2 Å². The molecule has 3 heteroatoms. The van der Waals surface area contributed by atoms with Gasteiger partial charge in [0.2, 0.25) is 0 Å². The first-order chi connectivity index (χ1) is 9.44. The van der Waals surface area contributed by atoms with E-state index >= 15 is 0 Å². The average Bonchev–Trinajstić information content (AvgIpc) is 2.57. The Labute approximate surface area is 130 Å². The van der Waals surface area contributed by atoms with E-state index in [0.717, 1.165) is 0 Å². The lowest BCUT2D eigenvalue weighted by molar-refractivity contribution is 0.00578. The Hall–Kier alpha value is -0.795. The highest BCUT2D eigenvalue weighted by Crippen LogP contribution is 2.40. The summed E-state index contributed by atoms with van der Waals surface area (Å²) < 4.78 is 12.3. The Morgan fingerprint density at radius 3 is 1.71 bits per heavy atom. The Balaban J connectivity index is 2.17. The lowest BCUT2D eigenvalue weighted by atomic mass is 9.69. The lowest BCUT2D eigenvalue weighted by Gasteiger charge is -2.32. The SMILES string of the molecule is CC(B1OC(C)(C)C(C)(C)O1)c1ccc(C(C)(C)C)cc1. The lowest BCUT2D eigenvalue weighted by Crippen LogP contribution is -2.41. The van der Waals surface area contributed by atoms with Gasteiger partial charge in [0.15, 0.2) is 0 Å². The summed E-state index contributed by atoms with van der Waals surface area (Å²) in [6, 6.07) is 8.85. The van der Waals surface area contributed by atoms with E-state index < -0.39 is 0 Å². The van der Waals surface area contributed by atoms with Crippen molar-refractivity contribution in [2.45, 2.75) is 77.8 Å². The molecule has 0 spiro atoms. The minimum absolute atomic E-state index is 0.185. The topological polar surface area (TPSA) is 18.5 Å². The molecule has 116 valence electrons. The highest BCUT2D eigenvalue weighted by Gasteiger charge is 2.52. The van der Waals surface area contributed by atoms with Gasteiger partial charge in [-0.2, -0.15) is 0 Å². The number of hydrogen-bond acceptors (Lipinski definition) is 2. The molecule has 0 amide bonds. The summed E-state index contributed by atoms with van der Waals surface area (Å²) in [7, 11) is -0.185. The molecular formula is C18H29BO2. The molecule has 0 saturated carbocycles. The summed E-state index contributed by atoms with van der Waals surface area (Å²) in [6.45, 7) is 17.3. The smallest absolute Gasteiger partial charge is 0.403 e. The summed E-state index contributed by atoms with van der Waals surface area (Å²) in [5.74, 6) is 0.222. The largest absolute Gasteiger partial charge is 0.465 e. The Morgan fingerprint density at radius 1 is 0.905 bits per heavy atom. The average molecular weight is 288 g/mol. The van der Waals surface area contributed by atoms with Crippen LogP contribution in [0.3, 0.4) is 0 Å². The van der Waals surface area contributed by atoms with Crippen molar-refractivity contribution in [2.75, 3.05) is 0 Å². The third-order valence-electron chi connectivity index (χ3n) is 4.98. The first-order valence-electron chi connectivity index (χ1n) is 7.90. The molecule has 0 radical (unpaired) electrons. The Morgan fingerprint density at radius 2 is 1.33 bits per heavy atom. The van der Waals surface area contributed by atoms with Crippen LogP contribution in [0.5, 0.6) is 0 Å². The highest BCUT2D eigenvalue weighted by molar-refractivity contribution is 6.47. The van der Waals surface area contributed by atoms with Crippen LogP contribution in [0, 0.1) is 0 Å². The third-order valence-corrected chi connectivity index (χ3v) is 4.98. The summed E-state index contributed by atoms with van der Waals surface area (Å²) in [5, 5.41) is 0. The van der Waals surface area contributed by atoms with Crippen LogP contribution in [0.4, 0.5) is 0 Å². The molecule has 0 N–H and O–H groups in total. The normalized spacial score (nSPS) is 22.4. The van der Waals surface area contributed by atoms with E-state index in [1.54, 1.807) is 0 Å². The van der Waals surface area contributed by atoms with Gasteiger partial charge in [0, 0.05) is 5.82 Å². The Kier molecular flexibility index (Phi) is 4.05. The van der Waals surface area contributed by atoms with Crippen LogP contribution in [0.25, 0.3) is 0 Å². The fraction of sp³-hybridized carbons (Fsp3) is 0.667. The third kappa shape index (κ3) is 3.19. The van der Waals surface area contributed by atoms with Crippen LogP contribution in [0.15, 0.2) is 24.3 Å². The molecule has 1 aromatic rings. The predicted octanol–water partition coefficient (Wildman–Crippen LogP) is 4.72. The van der Waals surface area contributed by atoms with E-state index in [1.807, 2.05) is 0 Å². The zero-order chi connectivity index (χ0) is 16.1. The minimum atomic E-state index is -0.267. The van der Waals surface area contributed by atoms with Crippen molar-refractivity contribution in [3.05, 3.63) is 35.4 Å². The molecule has 1 heterocycles. The van der Waals surface area contributed by atoms with E-state index in [-0.39, 0.29) is 29.6 Å². The summed E-state index contributed by atoms with van der Waals surface area (Å²) >= 11 is 0. The first kappa shape index (κ1) is 16.6. The van der Waals surface area contributed by atoms with Crippen molar-refractivity contribution in [1.82, 2.24) is 0 Å². The van der Waals surface area contributed by atoms with E-state index in [2.05, 4.69) is 79.7 Å². The van der Waals surface area contributed by atoms with Crippen LogP contribution in [-0.4, -0.2) is 18.3 Å². The van der Waals surface area contributed by atoms with E-state index in [1.165, 1.54) is 11.1 Å². The maximum absolute atomic E-state index is 6.16. The number of rotatable bonds is 2. The number of benzene rings is 1. The monoisotopic (exact) mass is 288 g/mol. The van der Waals surface area contributed by atoms with Gasteiger partial charge >= 0.3 is 7.12 Å². The summed E-state index contributed by atoms with van der Waals surface area (Å²) in [6.07, 6.45) is 0. The minimum Gasteiger partial charge on any atom is -0.403 e. The standard InChI is InChI=1S/C18H29BO2/c1-13(19-20-17(5,6)18(7,8)21-19)14-9-11-15(12-10-14)16(2,3)4/h9-13H,1-8H3. The molecule has 2 rings (SSSR count). The van der Waals surface area contributed by atoms with E-state index in [4.69, 9.17) is 9.31 Å². The molecule has 1 atom stereocenters. The van der Waals surface area contributed by atoms with Crippen LogP contribution >= 0.6 is 0 Å². The van der Waals surface area contributed by atoms with Crippen molar-refractivity contribution < 1.29 is 9.31 Å². The second-order valence-electron chi connectivity index (χ2n) is 8.29. The molecule has 0 aliphatic carbocycles. The van der Waals surface area contributed by atoms with Crippen LogP contribution in [0.2, 0.25) is 0 Å². The van der Waals surface area contributed by atoms with Gasteiger partial charge in [-0.15, -0.1) is 0 Å². The first-order valence-corrected chi connectivity index (χ1v) is 7.90. The van der Waals surface area contributed by atoms with E-state index in [9.17, 15) is 0 Å². The molecule has 1 fully saturated rings. The van der Waals surface area contributed by atoms with Crippen molar-refractivity contribution in [3.63, 3.8) is 0 Å². The van der Waals surface area contributed by atoms with Crippen molar-refractivity contribution >= 4 is 7.12 Å². The molecule has 2 nitrogen and oxygen atoms in total. The van der Waals surface area contributed by atoms with Gasteiger partial charge in [0.05, 0.1) is 11.2 Å². The van der Waals surface area contributed by atoms with Gasteiger partial charge in [-0.25, -0.2) is 0 Å². The second-order valence-corrected chi connectivity index (χ2v) is 8.29. The van der Waals surface area contributed by atoms with Gasteiger partial charge in [-0.1, -0.05) is 52.0 Å². The fourth-order valence-corrected chi connectivity index (χ4v) is 2.54. The van der Waals surface area contributed by atoms with Gasteiger partial charge in [0.1, 0.15) is 0 Å². The van der Waals surface area contributed by atoms with Crippen LogP contribution in [-0.2, 0) is 14.7 Å². The summed E-state index contributed by atoms with van der Waals surface area (Å²) in [4.78, 5) is 0. The molecule has 21 heavy (non-hydrogen) atoms. The zero-order valence-electron chi connectivity index (χ0n) is 14.8. The maximum atomic E-state index is 6.16. The maximum Gasteiger partial charge on any atom is 0.465 e. The van der Waals surface area contributed by atoms with Crippen LogP contribution in [0.1, 0.15) is 72.3 Å². The number of hydrogen-bond donors (Lipinski definition) is 0. The summed E-state index contributed by atoms with van der Waals surface area (Å²) in [5.41, 5.74) is 2.27. The van der Waals surface area contributed by atoms with Crippen molar-refractivity contribution in [2.24, 2.45) is 0 Å².